The van der Waals surface area contributed by atoms with Gasteiger partial charge in [-0.1, -0.05) is 60.6 Å². The number of hydrogen-bond donors (Lipinski definition) is 0. The summed E-state index contributed by atoms with van der Waals surface area (Å²) in [5.41, 5.74) is 5.72. The van der Waals surface area contributed by atoms with Crippen molar-refractivity contribution in [3.05, 3.63) is 66.0 Å². The molecule has 0 fully saturated rings. The zero-order chi connectivity index (χ0) is 17.5. The van der Waals surface area contributed by atoms with Crippen LogP contribution < -0.4 is 4.90 Å². The molecular weight excluding hydrogens is 324 g/mol. The van der Waals surface area contributed by atoms with Crippen molar-refractivity contribution in [2.24, 2.45) is 0 Å². The van der Waals surface area contributed by atoms with Gasteiger partial charge in [0.15, 0.2) is 5.82 Å². The highest BCUT2D eigenvalue weighted by atomic mass is 16.5. The predicted octanol–water partition coefficient (Wildman–Crippen LogP) is 4.54. The smallest absolute Gasteiger partial charge is 0.228 e. The van der Waals surface area contributed by atoms with E-state index in [2.05, 4.69) is 41.2 Å². The molecule has 128 valence electrons. The first kappa shape index (κ1) is 15.1. The van der Waals surface area contributed by atoms with Crippen molar-refractivity contribution in [1.82, 2.24) is 15.1 Å². The molecule has 2 aromatic heterocycles. The standard InChI is InChI=1S/C21H18N4O/c1-2-17-22-19-18(15-9-4-3-5-10-15)24-26-20(19)21(23-17)25-13-12-14-8-6-7-11-16(14)25/h3-11H,2,12-13H2,1H3. The van der Waals surface area contributed by atoms with E-state index in [1.807, 2.05) is 30.3 Å². The van der Waals surface area contributed by atoms with Crippen LogP contribution in [0.5, 0.6) is 0 Å². The third-order valence-electron chi connectivity index (χ3n) is 4.85. The Morgan fingerprint density at radius 1 is 1.00 bits per heavy atom. The number of benzene rings is 2. The summed E-state index contributed by atoms with van der Waals surface area (Å²) >= 11 is 0. The lowest BCUT2D eigenvalue weighted by Crippen LogP contribution is -2.16. The van der Waals surface area contributed by atoms with E-state index < -0.39 is 0 Å². The Bertz CT molecular complexity index is 1090. The summed E-state index contributed by atoms with van der Waals surface area (Å²) in [4.78, 5) is 11.7. The minimum absolute atomic E-state index is 0.651. The van der Waals surface area contributed by atoms with E-state index in [4.69, 9.17) is 14.5 Å². The van der Waals surface area contributed by atoms with Gasteiger partial charge in [-0.15, -0.1) is 0 Å². The van der Waals surface area contributed by atoms with E-state index >= 15 is 0 Å². The number of fused-ring (bicyclic) bond motifs is 2. The Morgan fingerprint density at radius 2 is 1.81 bits per heavy atom. The minimum atomic E-state index is 0.651. The third kappa shape index (κ3) is 2.28. The fourth-order valence-electron chi connectivity index (χ4n) is 3.55. The molecule has 0 unspecified atom stereocenters. The molecule has 2 aromatic carbocycles. The average molecular weight is 342 g/mol. The van der Waals surface area contributed by atoms with Crippen molar-refractivity contribution in [3.63, 3.8) is 0 Å². The van der Waals surface area contributed by atoms with Gasteiger partial charge >= 0.3 is 0 Å². The molecule has 0 amide bonds. The van der Waals surface area contributed by atoms with Crippen LogP contribution in [0.25, 0.3) is 22.4 Å². The molecule has 26 heavy (non-hydrogen) atoms. The fourth-order valence-corrected chi connectivity index (χ4v) is 3.55. The van der Waals surface area contributed by atoms with Crippen LogP contribution in [-0.4, -0.2) is 21.7 Å². The van der Waals surface area contributed by atoms with Crippen LogP contribution in [-0.2, 0) is 12.8 Å². The second kappa shape index (κ2) is 5.95. The lowest BCUT2D eigenvalue weighted by molar-refractivity contribution is 0.458. The van der Waals surface area contributed by atoms with Gasteiger partial charge in [-0.25, -0.2) is 9.97 Å². The predicted molar refractivity (Wildman–Crippen MR) is 102 cm³/mol. The van der Waals surface area contributed by atoms with Gasteiger partial charge < -0.3 is 9.42 Å². The Labute approximate surface area is 151 Å². The highest BCUT2D eigenvalue weighted by Gasteiger charge is 2.27. The van der Waals surface area contributed by atoms with E-state index in [0.717, 1.165) is 47.8 Å². The molecule has 0 bridgehead atoms. The van der Waals surface area contributed by atoms with Crippen molar-refractivity contribution < 1.29 is 4.52 Å². The molecule has 0 spiro atoms. The number of aromatic nitrogens is 3. The lowest BCUT2D eigenvalue weighted by Gasteiger charge is -2.18. The molecular formula is C21H18N4O. The maximum absolute atomic E-state index is 5.74. The van der Waals surface area contributed by atoms with Crippen molar-refractivity contribution in [2.75, 3.05) is 11.4 Å². The number of para-hydroxylation sites is 1. The molecule has 1 aliphatic heterocycles. The first-order chi connectivity index (χ1) is 12.8. The SMILES string of the molecule is CCc1nc(N2CCc3ccccc32)c2onc(-c3ccccc3)c2n1. The van der Waals surface area contributed by atoms with Crippen molar-refractivity contribution in [1.29, 1.82) is 0 Å². The normalized spacial score (nSPS) is 13.3. The van der Waals surface area contributed by atoms with E-state index in [1.165, 1.54) is 11.3 Å². The Balaban J connectivity index is 1.73. The zero-order valence-electron chi connectivity index (χ0n) is 14.5. The van der Waals surface area contributed by atoms with E-state index in [-0.39, 0.29) is 0 Å². The molecule has 0 atom stereocenters. The molecule has 0 saturated carbocycles. The van der Waals surface area contributed by atoms with Crippen molar-refractivity contribution >= 4 is 22.6 Å². The summed E-state index contributed by atoms with van der Waals surface area (Å²) in [5, 5.41) is 4.32. The fraction of sp³-hybridized carbons (Fsp3) is 0.190. The van der Waals surface area contributed by atoms with Crippen LogP contribution in [0.3, 0.4) is 0 Å². The monoisotopic (exact) mass is 342 g/mol. The molecule has 5 heteroatoms. The highest BCUT2D eigenvalue weighted by Crippen LogP contribution is 2.38. The average Bonchev–Trinajstić information content (AvgIpc) is 3.32. The van der Waals surface area contributed by atoms with Crippen LogP contribution in [0.1, 0.15) is 18.3 Å². The number of rotatable bonds is 3. The van der Waals surface area contributed by atoms with Crippen molar-refractivity contribution in [3.8, 4) is 11.3 Å². The number of aryl methyl sites for hydroxylation is 1. The van der Waals surface area contributed by atoms with Crippen LogP contribution in [0.15, 0.2) is 59.1 Å². The van der Waals surface area contributed by atoms with E-state index in [1.54, 1.807) is 0 Å². The molecule has 0 aliphatic carbocycles. The van der Waals surface area contributed by atoms with Gasteiger partial charge in [-0.05, 0) is 18.1 Å². The number of nitrogens with zero attached hydrogens (tertiary/aromatic N) is 4. The summed E-state index contributed by atoms with van der Waals surface area (Å²) in [7, 11) is 0. The number of hydrogen-bond acceptors (Lipinski definition) is 5. The highest BCUT2D eigenvalue weighted by molar-refractivity contribution is 5.95. The van der Waals surface area contributed by atoms with Gasteiger partial charge in [0.2, 0.25) is 5.58 Å². The van der Waals surface area contributed by atoms with Gasteiger partial charge in [0.05, 0.1) is 0 Å². The van der Waals surface area contributed by atoms with Crippen LogP contribution in [0.2, 0.25) is 0 Å². The minimum Gasteiger partial charge on any atom is -0.350 e. The largest absolute Gasteiger partial charge is 0.350 e. The summed E-state index contributed by atoms with van der Waals surface area (Å²) in [6.45, 7) is 2.95. The molecule has 5 rings (SSSR count). The third-order valence-corrected chi connectivity index (χ3v) is 4.85. The molecule has 3 heterocycles. The maximum atomic E-state index is 5.74. The maximum Gasteiger partial charge on any atom is 0.228 e. The first-order valence-corrected chi connectivity index (χ1v) is 8.92. The van der Waals surface area contributed by atoms with Gasteiger partial charge in [-0.3, -0.25) is 0 Å². The Kier molecular flexibility index (Phi) is 3.45. The van der Waals surface area contributed by atoms with Crippen LogP contribution in [0, 0.1) is 0 Å². The Hall–Kier alpha value is -3.21. The van der Waals surface area contributed by atoms with Crippen LogP contribution in [0.4, 0.5) is 11.5 Å². The van der Waals surface area contributed by atoms with Gasteiger partial charge in [-0.2, -0.15) is 0 Å². The second-order valence-electron chi connectivity index (χ2n) is 6.42. The molecule has 0 N–H and O–H groups in total. The van der Waals surface area contributed by atoms with Gasteiger partial charge in [0.1, 0.15) is 17.0 Å². The number of anilines is 2. The van der Waals surface area contributed by atoms with E-state index in [9.17, 15) is 0 Å². The summed E-state index contributed by atoms with van der Waals surface area (Å²) < 4.78 is 5.74. The first-order valence-electron chi connectivity index (χ1n) is 8.92. The van der Waals surface area contributed by atoms with Gasteiger partial charge in [0, 0.05) is 24.2 Å². The molecule has 5 nitrogen and oxygen atoms in total. The van der Waals surface area contributed by atoms with Crippen molar-refractivity contribution in [2.45, 2.75) is 19.8 Å². The molecule has 0 saturated heterocycles. The Morgan fingerprint density at radius 3 is 2.65 bits per heavy atom. The summed E-state index contributed by atoms with van der Waals surface area (Å²) in [5.74, 6) is 1.61. The molecule has 1 aliphatic rings. The molecule has 4 aromatic rings. The van der Waals surface area contributed by atoms with Gasteiger partial charge in [0.25, 0.3) is 0 Å². The summed E-state index contributed by atoms with van der Waals surface area (Å²) in [6, 6.07) is 18.5. The lowest BCUT2D eigenvalue weighted by atomic mass is 10.1. The molecule has 0 radical (unpaired) electrons. The van der Waals surface area contributed by atoms with E-state index in [0.29, 0.717) is 5.58 Å². The summed E-state index contributed by atoms with van der Waals surface area (Å²) in [6.07, 6.45) is 1.76. The zero-order valence-corrected chi connectivity index (χ0v) is 14.5. The topological polar surface area (TPSA) is 55.1 Å². The second-order valence-corrected chi connectivity index (χ2v) is 6.42. The quantitative estimate of drug-likeness (QED) is 0.547. The van der Waals surface area contributed by atoms with Crippen LogP contribution >= 0.6 is 0 Å².